The molecule has 1 aliphatic carbocycles. The summed E-state index contributed by atoms with van der Waals surface area (Å²) in [5.41, 5.74) is 0.604. The van der Waals surface area contributed by atoms with E-state index in [-0.39, 0.29) is 11.9 Å². The van der Waals surface area contributed by atoms with Crippen molar-refractivity contribution in [1.82, 2.24) is 4.90 Å². The molecule has 3 rings (SSSR count). The normalized spacial score (nSPS) is 26.1. The third kappa shape index (κ3) is 2.15. The van der Waals surface area contributed by atoms with Crippen molar-refractivity contribution in [2.75, 3.05) is 13.1 Å². The molecule has 2 fully saturated rings. The summed E-state index contributed by atoms with van der Waals surface area (Å²) in [4.78, 5) is 26.8. The topological polar surface area (TPSA) is 46.6 Å². The average molecular weight is 277 g/mol. The lowest BCUT2D eigenvalue weighted by atomic mass is 9.84. The molecule has 1 saturated carbocycles. The largest absolute Gasteiger partial charge is 0.451 e. The smallest absolute Gasteiger partial charge is 0.335 e. The summed E-state index contributed by atoms with van der Waals surface area (Å²) < 4.78 is 5.71. The van der Waals surface area contributed by atoms with Gasteiger partial charge in [0.05, 0.1) is 5.57 Å². The maximum Gasteiger partial charge on any atom is 0.335 e. The molecule has 2 aliphatic heterocycles. The van der Waals surface area contributed by atoms with Crippen LogP contribution in [0.5, 0.6) is 0 Å². The summed E-state index contributed by atoms with van der Waals surface area (Å²) in [6.07, 6.45) is 8.18. The number of esters is 1. The van der Waals surface area contributed by atoms with Crippen molar-refractivity contribution >= 4 is 11.9 Å². The first kappa shape index (κ1) is 13.7. The zero-order chi connectivity index (χ0) is 14.2. The lowest BCUT2D eigenvalue weighted by molar-refractivity contribution is -0.148. The first-order valence-electron chi connectivity index (χ1n) is 7.88. The number of hydrogen-bond donors (Lipinski definition) is 0. The Hall–Kier alpha value is -1.32. The Morgan fingerprint density at radius 2 is 1.65 bits per heavy atom. The van der Waals surface area contributed by atoms with Crippen LogP contribution in [0.4, 0.5) is 0 Å². The molecule has 1 spiro atoms. The van der Waals surface area contributed by atoms with Crippen molar-refractivity contribution in [2.24, 2.45) is 0 Å². The van der Waals surface area contributed by atoms with Crippen molar-refractivity contribution < 1.29 is 14.3 Å². The Morgan fingerprint density at radius 1 is 1.05 bits per heavy atom. The van der Waals surface area contributed by atoms with Crippen molar-refractivity contribution in [2.45, 2.75) is 63.9 Å². The predicted octanol–water partition coefficient (Wildman–Crippen LogP) is 2.58. The molecule has 2 heterocycles. The summed E-state index contributed by atoms with van der Waals surface area (Å²) in [6, 6.07) is 0. The number of nitrogens with zero attached hydrogens (tertiary/aromatic N) is 1. The Bertz CT molecular complexity index is 452. The van der Waals surface area contributed by atoms with Gasteiger partial charge in [-0.05, 0) is 45.4 Å². The second-order valence-corrected chi connectivity index (χ2v) is 6.30. The number of carbonyl (C=O) groups excluding carboxylic acids is 2. The molecule has 20 heavy (non-hydrogen) atoms. The van der Waals surface area contributed by atoms with Crippen LogP contribution in [0.25, 0.3) is 0 Å². The number of hydrogen-bond acceptors (Lipinski definition) is 3. The molecule has 0 atom stereocenters. The highest BCUT2D eigenvalue weighted by Gasteiger charge is 2.50. The quantitative estimate of drug-likeness (QED) is 0.692. The van der Waals surface area contributed by atoms with E-state index < -0.39 is 5.60 Å². The lowest BCUT2D eigenvalue weighted by Gasteiger charge is -2.31. The van der Waals surface area contributed by atoms with E-state index in [9.17, 15) is 9.59 Å². The van der Waals surface area contributed by atoms with Gasteiger partial charge in [0.2, 0.25) is 0 Å². The standard InChI is InChI=1S/C16H23NO3/c1-12-13(14(18)17-10-6-7-11-17)16(20-15(12)19)8-4-2-3-5-9-16/h2-11H2,1H3. The Balaban J connectivity index is 1.94. The second kappa shape index (κ2) is 5.23. The van der Waals surface area contributed by atoms with Crippen molar-refractivity contribution in [3.63, 3.8) is 0 Å². The third-order valence-corrected chi connectivity index (χ3v) is 4.94. The third-order valence-electron chi connectivity index (χ3n) is 4.94. The van der Waals surface area contributed by atoms with Gasteiger partial charge < -0.3 is 9.64 Å². The highest BCUT2D eigenvalue weighted by Crippen LogP contribution is 2.43. The molecule has 110 valence electrons. The van der Waals surface area contributed by atoms with Gasteiger partial charge in [-0.15, -0.1) is 0 Å². The van der Waals surface area contributed by atoms with Crippen LogP contribution in [-0.4, -0.2) is 35.5 Å². The second-order valence-electron chi connectivity index (χ2n) is 6.30. The average Bonchev–Trinajstić information content (AvgIpc) is 2.96. The van der Waals surface area contributed by atoms with Crippen LogP contribution in [-0.2, 0) is 14.3 Å². The predicted molar refractivity (Wildman–Crippen MR) is 75.0 cm³/mol. The first-order chi connectivity index (χ1) is 9.64. The molecule has 1 saturated heterocycles. The van der Waals surface area contributed by atoms with Gasteiger partial charge in [-0.25, -0.2) is 4.79 Å². The van der Waals surface area contributed by atoms with E-state index >= 15 is 0 Å². The number of ether oxygens (including phenoxy) is 1. The maximum atomic E-state index is 12.8. The molecule has 0 radical (unpaired) electrons. The van der Waals surface area contributed by atoms with E-state index in [1.54, 1.807) is 6.92 Å². The van der Waals surface area contributed by atoms with Crippen LogP contribution in [0.15, 0.2) is 11.1 Å². The summed E-state index contributed by atoms with van der Waals surface area (Å²) >= 11 is 0. The van der Waals surface area contributed by atoms with Gasteiger partial charge in [-0.3, -0.25) is 4.79 Å². The van der Waals surface area contributed by atoms with Gasteiger partial charge in [-0.2, -0.15) is 0 Å². The minimum atomic E-state index is -0.614. The minimum Gasteiger partial charge on any atom is -0.451 e. The van der Waals surface area contributed by atoms with E-state index in [2.05, 4.69) is 0 Å². The lowest BCUT2D eigenvalue weighted by Crippen LogP contribution is -2.40. The molecule has 3 aliphatic rings. The molecule has 0 bridgehead atoms. The first-order valence-corrected chi connectivity index (χ1v) is 7.88. The van der Waals surface area contributed by atoms with Crippen LogP contribution in [0.1, 0.15) is 58.3 Å². The fourth-order valence-electron chi connectivity index (χ4n) is 3.83. The van der Waals surface area contributed by atoms with Gasteiger partial charge in [0.25, 0.3) is 5.91 Å². The summed E-state index contributed by atoms with van der Waals surface area (Å²) in [6.45, 7) is 3.39. The Labute approximate surface area is 120 Å². The van der Waals surface area contributed by atoms with Crippen LogP contribution in [0.3, 0.4) is 0 Å². The summed E-state index contributed by atoms with van der Waals surface area (Å²) in [5.74, 6) is -0.234. The minimum absolute atomic E-state index is 0.0488. The number of likely N-dealkylation sites (tertiary alicyclic amines) is 1. The zero-order valence-electron chi connectivity index (χ0n) is 12.2. The van der Waals surface area contributed by atoms with Crippen LogP contribution in [0.2, 0.25) is 0 Å². The summed E-state index contributed by atoms with van der Waals surface area (Å²) in [7, 11) is 0. The Kier molecular flexibility index (Phi) is 3.57. The summed E-state index contributed by atoms with van der Waals surface area (Å²) in [5, 5.41) is 0. The van der Waals surface area contributed by atoms with Crippen LogP contribution < -0.4 is 0 Å². The molecule has 0 aromatic carbocycles. The van der Waals surface area contributed by atoms with E-state index in [0.29, 0.717) is 11.1 Å². The van der Waals surface area contributed by atoms with Crippen molar-refractivity contribution in [3.8, 4) is 0 Å². The van der Waals surface area contributed by atoms with Gasteiger partial charge in [-0.1, -0.05) is 12.8 Å². The fraction of sp³-hybridized carbons (Fsp3) is 0.750. The van der Waals surface area contributed by atoms with Gasteiger partial charge in [0.1, 0.15) is 5.60 Å². The fourth-order valence-corrected chi connectivity index (χ4v) is 3.83. The van der Waals surface area contributed by atoms with E-state index in [0.717, 1.165) is 51.6 Å². The number of carbonyl (C=O) groups is 2. The molecule has 4 heteroatoms. The van der Waals surface area contributed by atoms with Crippen molar-refractivity contribution in [3.05, 3.63) is 11.1 Å². The molecular formula is C16H23NO3. The molecular weight excluding hydrogens is 254 g/mol. The van der Waals surface area contributed by atoms with Gasteiger partial charge >= 0.3 is 5.97 Å². The molecule has 0 aromatic rings. The van der Waals surface area contributed by atoms with E-state index in [1.807, 2.05) is 4.90 Å². The Morgan fingerprint density at radius 3 is 2.25 bits per heavy atom. The number of rotatable bonds is 1. The highest BCUT2D eigenvalue weighted by atomic mass is 16.6. The van der Waals surface area contributed by atoms with Crippen LogP contribution >= 0.6 is 0 Å². The highest BCUT2D eigenvalue weighted by molar-refractivity contribution is 6.07. The zero-order valence-corrected chi connectivity index (χ0v) is 12.2. The van der Waals surface area contributed by atoms with Crippen molar-refractivity contribution in [1.29, 1.82) is 0 Å². The SMILES string of the molecule is CC1=C(C(=O)N2CCCC2)C2(CCCCCC2)OC1=O. The van der Waals surface area contributed by atoms with E-state index in [1.165, 1.54) is 12.8 Å². The molecule has 0 N–H and O–H groups in total. The molecule has 0 unspecified atom stereocenters. The van der Waals surface area contributed by atoms with Gasteiger partial charge in [0.15, 0.2) is 0 Å². The monoisotopic (exact) mass is 277 g/mol. The molecule has 0 aromatic heterocycles. The van der Waals surface area contributed by atoms with Gasteiger partial charge in [0, 0.05) is 18.7 Å². The maximum absolute atomic E-state index is 12.8. The van der Waals surface area contributed by atoms with E-state index in [4.69, 9.17) is 4.74 Å². The molecule has 1 amide bonds. The molecule has 4 nitrogen and oxygen atoms in total. The number of amides is 1. The van der Waals surface area contributed by atoms with Crippen LogP contribution in [0, 0.1) is 0 Å².